The first-order chi connectivity index (χ1) is 9.97. The maximum Gasteiger partial charge on any atom is 0.254 e. The fourth-order valence-corrected chi connectivity index (χ4v) is 1.72. The number of nitrogens with two attached hydrogens (primary N) is 1. The van der Waals surface area contributed by atoms with E-state index in [2.05, 4.69) is 5.32 Å². The Morgan fingerprint density at radius 3 is 2.62 bits per heavy atom. The number of likely N-dealkylation sites (N-methyl/N-ethyl adjacent to an activating group) is 1. The van der Waals surface area contributed by atoms with Gasteiger partial charge in [0.15, 0.2) is 0 Å². The summed E-state index contributed by atoms with van der Waals surface area (Å²) in [5.41, 5.74) is 6.51. The fourth-order valence-electron chi connectivity index (χ4n) is 1.72. The van der Waals surface area contributed by atoms with Crippen LogP contribution in [-0.2, 0) is 9.53 Å². The lowest BCUT2D eigenvalue weighted by Gasteiger charge is -2.17. The molecule has 3 N–H and O–H groups in total. The standard InChI is InChI=1S/C14H21N3O4/c1-17(9-13(18)16-4-5-20-2)14(19)10-6-11(15)8-12(7-10)21-3/h6-8H,4-5,9,15H2,1-3H3,(H,16,18). The van der Waals surface area contributed by atoms with Gasteiger partial charge >= 0.3 is 0 Å². The van der Waals surface area contributed by atoms with Gasteiger partial charge < -0.3 is 25.4 Å². The quantitative estimate of drug-likeness (QED) is 0.550. The summed E-state index contributed by atoms with van der Waals surface area (Å²) in [7, 11) is 4.60. The highest BCUT2D eigenvalue weighted by atomic mass is 16.5. The second kappa shape index (κ2) is 8.11. The maximum absolute atomic E-state index is 12.2. The molecule has 1 aromatic carbocycles. The van der Waals surface area contributed by atoms with Crippen molar-refractivity contribution in [3.05, 3.63) is 23.8 Å². The molecule has 0 spiro atoms. The maximum atomic E-state index is 12.2. The Labute approximate surface area is 124 Å². The van der Waals surface area contributed by atoms with Crippen LogP contribution >= 0.6 is 0 Å². The molecule has 0 radical (unpaired) electrons. The number of benzene rings is 1. The summed E-state index contributed by atoms with van der Waals surface area (Å²) in [4.78, 5) is 25.2. The minimum Gasteiger partial charge on any atom is -0.497 e. The van der Waals surface area contributed by atoms with Gasteiger partial charge in [0.1, 0.15) is 5.75 Å². The smallest absolute Gasteiger partial charge is 0.254 e. The number of carbonyl (C=O) groups is 2. The Kier molecular flexibility index (Phi) is 6.48. The van der Waals surface area contributed by atoms with Crippen molar-refractivity contribution in [1.29, 1.82) is 0 Å². The van der Waals surface area contributed by atoms with E-state index < -0.39 is 0 Å². The minimum atomic E-state index is -0.303. The highest BCUT2D eigenvalue weighted by Gasteiger charge is 2.16. The van der Waals surface area contributed by atoms with Gasteiger partial charge in [-0.25, -0.2) is 0 Å². The van der Waals surface area contributed by atoms with Gasteiger partial charge in [-0.2, -0.15) is 0 Å². The van der Waals surface area contributed by atoms with Gasteiger partial charge in [0.2, 0.25) is 5.91 Å². The van der Waals surface area contributed by atoms with E-state index in [0.29, 0.717) is 30.2 Å². The average Bonchev–Trinajstić information content (AvgIpc) is 2.45. The molecule has 7 heteroatoms. The number of amides is 2. The van der Waals surface area contributed by atoms with Crippen LogP contribution in [0.5, 0.6) is 5.75 Å². The Morgan fingerprint density at radius 2 is 2.00 bits per heavy atom. The van der Waals surface area contributed by atoms with Crippen molar-refractivity contribution >= 4 is 17.5 Å². The largest absolute Gasteiger partial charge is 0.497 e. The van der Waals surface area contributed by atoms with Gasteiger partial charge in [-0.05, 0) is 12.1 Å². The molecule has 2 amide bonds. The number of methoxy groups -OCH3 is 2. The zero-order chi connectivity index (χ0) is 15.8. The molecule has 7 nitrogen and oxygen atoms in total. The van der Waals surface area contributed by atoms with Crippen LogP contribution in [0.1, 0.15) is 10.4 Å². The summed E-state index contributed by atoms with van der Waals surface area (Å²) in [5.74, 6) is -0.0578. The molecule has 1 rings (SSSR count). The van der Waals surface area contributed by atoms with Crippen molar-refractivity contribution in [2.45, 2.75) is 0 Å². The average molecular weight is 295 g/mol. The van der Waals surface area contributed by atoms with Crippen molar-refractivity contribution < 1.29 is 19.1 Å². The first kappa shape index (κ1) is 16.8. The molecule has 0 saturated heterocycles. The molecule has 0 aliphatic rings. The molecule has 21 heavy (non-hydrogen) atoms. The summed E-state index contributed by atoms with van der Waals surface area (Å²) in [6.07, 6.45) is 0. The van der Waals surface area contributed by atoms with Crippen molar-refractivity contribution in [3.8, 4) is 5.75 Å². The molecule has 0 heterocycles. The van der Waals surface area contributed by atoms with E-state index in [1.807, 2.05) is 0 Å². The lowest BCUT2D eigenvalue weighted by molar-refractivity contribution is -0.121. The Balaban J connectivity index is 2.65. The predicted molar refractivity (Wildman–Crippen MR) is 79.3 cm³/mol. The topological polar surface area (TPSA) is 93.9 Å². The van der Waals surface area contributed by atoms with Gasteiger partial charge in [0.25, 0.3) is 5.91 Å². The van der Waals surface area contributed by atoms with E-state index in [9.17, 15) is 9.59 Å². The third-order valence-corrected chi connectivity index (χ3v) is 2.77. The molecule has 0 aliphatic heterocycles. The highest BCUT2D eigenvalue weighted by molar-refractivity contribution is 5.97. The normalized spacial score (nSPS) is 10.0. The van der Waals surface area contributed by atoms with E-state index in [1.165, 1.54) is 12.0 Å². The number of hydrogen-bond donors (Lipinski definition) is 2. The molecule has 0 atom stereocenters. The SMILES string of the molecule is COCCNC(=O)CN(C)C(=O)c1cc(N)cc(OC)c1. The summed E-state index contributed by atoms with van der Waals surface area (Å²) in [5, 5.41) is 2.65. The molecule has 1 aromatic rings. The number of anilines is 1. The molecule has 0 fully saturated rings. The minimum absolute atomic E-state index is 0.0420. The first-order valence-corrected chi connectivity index (χ1v) is 6.43. The molecule has 0 aliphatic carbocycles. The van der Waals surface area contributed by atoms with Gasteiger partial charge in [0.05, 0.1) is 20.3 Å². The molecule has 0 unspecified atom stereocenters. The summed E-state index contributed by atoms with van der Waals surface area (Å²) in [6, 6.07) is 4.75. The van der Waals surface area contributed by atoms with Crippen LogP contribution in [0.2, 0.25) is 0 Å². The van der Waals surface area contributed by atoms with Crippen LogP contribution in [0.4, 0.5) is 5.69 Å². The lowest BCUT2D eigenvalue weighted by atomic mass is 10.1. The fraction of sp³-hybridized carbons (Fsp3) is 0.429. The first-order valence-electron chi connectivity index (χ1n) is 6.43. The number of nitrogens with zero attached hydrogens (tertiary/aromatic N) is 1. The molecular formula is C14H21N3O4. The van der Waals surface area contributed by atoms with Crippen LogP contribution in [0.3, 0.4) is 0 Å². The number of carbonyl (C=O) groups excluding carboxylic acids is 2. The van der Waals surface area contributed by atoms with Gasteiger partial charge in [-0.15, -0.1) is 0 Å². The van der Waals surface area contributed by atoms with Crippen LogP contribution in [-0.4, -0.2) is 57.7 Å². The Morgan fingerprint density at radius 1 is 1.29 bits per heavy atom. The zero-order valence-electron chi connectivity index (χ0n) is 12.5. The highest BCUT2D eigenvalue weighted by Crippen LogP contribution is 2.19. The lowest BCUT2D eigenvalue weighted by Crippen LogP contribution is -2.39. The number of nitrogen functional groups attached to an aromatic ring is 1. The zero-order valence-corrected chi connectivity index (χ0v) is 12.5. The van der Waals surface area contributed by atoms with Gasteiger partial charge in [0, 0.05) is 38.0 Å². The van der Waals surface area contributed by atoms with Crippen LogP contribution < -0.4 is 15.8 Å². The summed E-state index contributed by atoms with van der Waals surface area (Å²) >= 11 is 0. The predicted octanol–water partition coefficient (Wildman–Crippen LogP) is 0.112. The molecule has 0 bridgehead atoms. The van der Waals surface area contributed by atoms with Gasteiger partial charge in [-0.1, -0.05) is 0 Å². The second-order valence-corrected chi connectivity index (χ2v) is 4.50. The molecule has 0 aromatic heterocycles. The molecule has 0 saturated carbocycles. The van der Waals surface area contributed by atoms with E-state index in [0.717, 1.165) is 0 Å². The van der Waals surface area contributed by atoms with Crippen molar-refractivity contribution in [3.63, 3.8) is 0 Å². The Hall–Kier alpha value is -2.28. The van der Waals surface area contributed by atoms with Crippen molar-refractivity contribution in [1.82, 2.24) is 10.2 Å². The monoisotopic (exact) mass is 295 g/mol. The van der Waals surface area contributed by atoms with Crippen LogP contribution in [0.25, 0.3) is 0 Å². The Bertz CT molecular complexity index is 505. The van der Waals surface area contributed by atoms with E-state index in [1.54, 1.807) is 32.4 Å². The second-order valence-electron chi connectivity index (χ2n) is 4.50. The molecular weight excluding hydrogens is 274 g/mol. The van der Waals surface area contributed by atoms with E-state index >= 15 is 0 Å². The number of nitrogens with one attached hydrogen (secondary N) is 1. The van der Waals surface area contributed by atoms with Crippen molar-refractivity contribution in [2.75, 3.05) is 46.7 Å². The van der Waals surface area contributed by atoms with E-state index in [4.69, 9.17) is 15.2 Å². The van der Waals surface area contributed by atoms with Crippen LogP contribution in [0.15, 0.2) is 18.2 Å². The molecule has 116 valence electrons. The third kappa shape index (κ3) is 5.31. The van der Waals surface area contributed by atoms with Crippen molar-refractivity contribution in [2.24, 2.45) is 0 Å². The number of hydrogen-bond acceptors (Lipinski definition) is 5. The number of ether oxygens (including phenoxy) is 2. The summed E-state index contributed by atoms with van der Waals surface area (Å²) < 4.78 is 9.90. The summed E-state index contributed by atoms with van der Waals surface area (Å²) in [6.45, 7) is 0.791. The van der Waals surface area contributed by atoms with E-state index in [-0.39, 0.29) is 18.4 Å². The van der Waals surface area contributed by atoms with Crippen LogP contribution in [0, 0.1) is 0 Å². The van der Waals surface area contributed by atoms with Gasteiger partial charge in [-0.3, -0.25) is 9.59 Å². The third-order valence-electron chi connectivity index (χ3n) is 2.77. The number of rotatable bonds is 7.